The SMILES string of the molecule is CN(C(=O)c1ncccc1Br)C1CCCCCC1. The number of aromatic nitrogens is 1. The molecule has 4 heteroatoms. The number of halogens is 1. The third-order valence-electron chi connectivity index (χ3n) is 3.65. The average Bonchev–Trinajstić information content (AvgIpc) is 2.66. The second kappa shape index (κ2) is 6.32. The van der Waals surface area contributed by atoms with Crippen LogP contribution in [0.1, 0.15) is 49.0 Å². The molecule has 0 unspecified atom stereocenters. The molecule has 1 aromatic heterocycles. The van der Waals surface area contributed by atoms with Crippen LogP contribution in [0, 0.1) is 0 Å². The van der Waals surface area contributed by atoms with Crippen LogP contribution in [0.4, 0.5) is 0 Å². The Kier molecular flexibility index (Phi) is 4.75. The number of carbonyl (C=O) groups is 1. The van der Waals surface area contributed by atoms with Gasteiger partial charge in [0.2, 0.25) is 0 Å². The first-order valence-corrected chi connectivity index (χ1v) is 7.37. The average molecular weight is 311 g/mol. The van der Waals surface area contributed by atoms with Gasteiger partial charge in [-0.05, 0) is 40.9 Å². The Hall–Kier alpha value is -0.900. The molecule has 0 saturated heterocycles. The van der Waals surface area contributed by atoms with E-state index in [2.05, 4.69) is 20.9 Å². The Balaban J connectivity index is 2.10. The van der Waals surface area contributed by atoms with E-state index in [0.717, 1.165) is 17.3 Å². The Bertz CT molecular complexity index is 414. The third kappa shape index (κ3) is 3.10. The Morgan fingerprint density at radius 3 is 2.61 bits per heavy atom. The number of amides is 1. The van der Waals surface area contributed by atoms with Gasteiger partial charge < -0.3 is 4.90 Å². The van der Waals surface area contributed by atoms with Crippen LogP contribution in [-0.2, 0) is 0 Å². The zero-order valence-corrected chi connectivity index (χ0v) is 12.3. The smallest absolute Gasteiger partial charge is 0.273 e. The van der Waals surface area contributed by atoms with Crippen LogP contribution in [0.2, 0.25) is 0 Å². The number of rotatable bonds is 2. The minimum Gasteiger partial charge on any atom is -0.337 e. The normalized spacial score (nSPS) is 17.2. The van der Waals surface area contributed by atoms with Gasteiger partial charge >= 0.3 is 0 Å². The van der Waals surface area contributed by atoms with Crippen molar-refractivity contribution in [1.82, 2.24) is 9.88 Å². The highest BCUT2D eigenvalue weighted by molar-refractivity contribution is 9.10. The molecule has 2 rings (SSSR count). The summed E-state index contributed by atoms with van der Waals surface area (Å²) in [6, 6.07) is 4.06. The lowest BCUT2D eigenvalue weighted by molar-refractivity contribution is 0.0710. The van der Waals surface area contributed by atoms with Crippen molar-refractivity contribution in [3.63, 3.8) is 0 Å². The highest BCUT2D eigenvalue weighted by atomic mass is 79.9. The van der Waals surface area contributed by atoms with Crippen molar-refractivity contribution in [1.29, 1.82) is 0 Å². The minimum absolute atomic E-state index is 0.0226. The molecule has 0 bridgehead atoms. The molecule has 1 aliphatic carbocycles. The molecular weight excluding hydrogens is 292 g/mol. The van der Waals surface area contributed by atoms with Crippen LogP contribution in [0.25, 0.3) is 0 Å². The highest BCUT2D eigenvalue weighted by Gasteiger charge is 2.24. The predicted molar refractivity (Wildman–Crippen MR) is 75.5 cm³/mol. The summed E-state index contributed by atoms with van der Waals surface area (Å²) in [5.74, 6) is 0.0226. The maximum Gasteiger partial charge on any atom is 0.273 e. The molecule has 1 saturated carbocycles. The van der Waals surface area contributed by atoms with Gasteiger partial charge in [0.15, 0.2) is 0 Å². The molecule has 1 aliphatic rings. The standard InChI is InChI=1S/C14H19BrN2O/c1-17(11-7-4-2-3-5-8-11)14(18)13-12(15)9-6-10-16-13/h6,9-11H,2-5,7-8H2,1H3. The summed E-state index contributed by atoms with van der Waals surface area (Å²) in [5.41, 5.74) is 0.518. The molecule has 1 amide bonds. The first-order valence-electron chi connectivity index (χ1n) is 6.58. The summed E-state index contributed by atoms with van der Waals surface area (Å²) in [6.45, 7) is 0. The van der Waals surface area contributed by atoms with Crippen LogP contribution >= 0.6 is 15.9 Å². The minimum atomic E-state index is 0.0226. The first kappa shape index (κ1) is 13.5. The van der Waals surface area contributed by atoms with Gasteiger partial charge in [-0.25, -0.2) is 4.98 Å². The van der Waals surface area contributed by atoms with E-state index in [-0.39, 0.29) is 5.91 Å². The van der Waals surface area contributed by atoms with E-state index in [1.165, 1.54) is 25.7 Å². The van der Waals surface area contributed by atoms with Gasteiger partial charge in [0.25, 0.3) is 5.91 Å². The highest BCUT2D eigenvalue weighted by Crippen LogP contribution is 2.23. The van der Waals surface area contributed by atoms with Crippen molar-refractivity contribution < 1.29 is 4.79 Å². The van der Waals surface area contributed by atoms with Gasteiger partial charge in [0.05, 0.1) is 0 Å². The maximum absolute atomic E-state index is 12.4. The molecule has 0 aliphatic heterocycles. The fourth-order valence-corrected chi connectivity index (χ4v) is 2.95. The van der Waals surface area contributed by atoms with Gasteiger partial charge in [-0.1, -0.05) is 25.7 Å². The first-order chi connectivity index (χ1) is 8.70. The lowest BCUT2D eigenvalue weighted by atomic mass is 10.1. The summed E-state index contributed by atoms with van der Waals surface area (Å²) < 4.78 is 0.774. The number of pyridine rings is 1. The molecular formula is C14H19BrN2O. The molecule has 1 fully saturated rings. The lowest BCUT2D eigenvalue weighted by Gasteiger charge is -2.27. The largest absolute Gasteiger partial charge is 0.337 e. The molecule has 1 aromatic rings. The summed E-state index contributed by atoms with van der Waals surface area (Å²) >= 11 is 3.39. The van der Waals surface area contributed by atoms with Gasteiger partial charge in [-0.3, -0.25) is 4.79 Å². The van der Waals surface area contributed by atoms with E-state index in [4.69, 9.17) is 0 Å². The number of carbonyl (C=O) groups excluding carboxylic acids is 1. The van der Waals surface area contributed by atoms with E-state index in [1.807, 2.05) is 24.1 Å². The van der Waals surface area contributed by atoms with Gasteiger partial charge in [0.1, 0.15) is 5.69 Å². The monoisotopic (exact) mass is 310 g/mol. The number of hydrogen-bond acceptors (Lipinski definition) is 2. The molecule has 0 aromatic carbocycles. The molecule has 0 N–H and O–H groups in total. The van der Waals surface area contributed by atoms with E-state index in [9.17, 15) is 4.79 Å². The Morgan fingerprint density at radius 2 is 2.00 bits per heavy atom. The molecule has 0 radical (unpaired) electrons. The predicted octanol–water partition coefficient (Wildman–Crippen LogP) is 3.64. The van der Waals surface area contributed by atoms with Crippen LogP contribution in [0.5, 0.6) is 0 Å². The van der Waals surface area contributed by atoms with Crippen LogP contribution in [0.15, 0.2) is 22.8 Å². The summed E-state index contributed by atoms with van der Waals surface area (Å²) in [4.78, 5) is 18.5. The van der Waals surface area contributed by atoms with E-state index in [0.29, 0.717) is 11.7 Å². The van der Waals surface area contributed by atoms with Crippen molar-refractivity contribution >= 4 is 21.8 Å². The second-order valence-electron chi connectivity index (χ2n) is 4.90. The van der Waals surface area contributed by atoms with Crippen LogP contribution in [-0.4, -0.2) is 28.9 Å². The number of hydrogen-bond donors (Lipinski definition) is 0. The fraction of sp³-hybridized carbons (Fsp3) is 0.571. The zero-order valence-electron chi connectivity index (χ0n) is 10.7. The summed E-state index contributed by atoms with van der Waals surface area (Å²) in [6.07, 6.45) is 8.95. The molecule has 0 spiro atoms. The fourth-order valence-electron chi connectivity index (χ4n) is 2.52. The van der Waals surface area contributed by atoms with Crippen LogP contribution in [0.3, 0.4) is 0 Å². The summed E-state index contributed by atoms with van der Waals surface area (Å²) in [5, 5.41) is 0. The molecule has 0 atom stereocenters. The Morgan fingerprint density at radius 1 is 1.33 bits per heavy atom. The van der Waals surface area contributed by atoms with Gasteiger partial charge in [-0.15, -0.1) is 0 Å². The van der Waals surface area contributed by atoms with Gasteiger partial charge in [-0.2, -0.15) is 0 Å². The van der Waals surface area contributed by atoms with Crippen molar-refractivity contribution in [3.05, 3.63) is 28.5 Å². The lowest BCUT2D eigenvalue weighted by Crippen LogP contribution is -2.37. The second-order valence-corrected chi connectivity index (χ2v) is 5.75. The number of nitrogens with zero attached hydrogens (tertiary/aromatic N) is 2. The zero-order chi connectivity index (χ0) is 13.0. The third-order valence-corrected chi connectivity index (χ3v) is 4.29. The molecule has 98 valence electrons. The quantitative estimate of drug-likeness (QED) is 0.781. The topological polar surface area (TPSA) is 33.2 Å². The van der Waals surface area contributed by atoms with Gasteiger partial charge in [0, 0.05) is 23.8 Å². The maximum atomic E-state index is 12.4. The van der Waals surface area contributed by atoms with Crippen LogP contribution < -0.4 is 0 Å². The van der Waals surface area contributed by atoms with Crippen molar-refractivity contribution in [2.24, 2.45) is 0 Å². The van der Waals surface area contributed by atoms with Crippen molar-refractivity contribution in [2.45, 2.75) is 44.6 Å². The van der Waals surface area contributed by atoms with E-state index < -0.39 is 0 Å². The summed E-state index contributed by atoms with van der Waals surface area (Å²) in [7, 11) is 1.90. The molecule has 3 nitrogen and oxygen atoms in total. The van der Waals surface area contributed by atoms with E-state index in [1.54, 1.807) is 6.20 Å². The van der Waals surface area contributed by atoms with E-state index >= 15 is 0 Å². The molecule has 1 heterocycles. The Labute approximate surface area is 117 Å². The van der Waals surface area contributed by atoms with Crippen molar-refractivity contribution in [3.8, 4) is 0 Å². The van der Waals surface area contributed by atoms with Crippen molar-refractivity contribution in [2.75, 3.05) is 7.05 Å². The molecule has 18 heavy (non-hydrogen) atoms.